The summed E-state index contributed by atoms with van der Waals surface area (Å²) in [5.41, 5.74) is 0. The molecule has 272 valence electrons. The molecule has 0 aromatic rings. The van der Waals surface area contributed by atoms with Crippen molar-refractivity contribution in [1.29, 1.82) is 0 Å². The van der Waals surface area contributed by atoms with E-state index in [1.54, 1.807) is 0 Å². The first-order valence-corrected chi connectivity index (χ1v) is 19.0. The lowest BCUT2D eigenvalue weighted by Crippen LogP contribution is -2.43. The normalized spacial score (nSPS) is 13.0. The quantitative estimate of drug-likeness (QED) is 0.0419. The Kier molecular flexibility index (Phi) is 29.5. The number of carboxylic acid groups (broad SMARTS) is 1. The molecule has 0 fully saturated rings. The zero-order valence-electron chi connectivity index (χ0n) is 30.8. The first kappa shape index (κ1) is 44.3. The van der Waals surface area contributed by atoms with Gasteiger partial charge in [-0.25, -0.2) is 0 Å². The van der Waals surface area contributed by atoms with Crippen LogP contribution in [0.1, 0.15) is 168 Å². The summed E-state index contributed by atoms with van der Waals surface area (Å²) in [5, 5.41) is 9.61. The number of hydrogen-bond donors (Lipinski definition) is 1. The van der Waals surface area contributed by atoms with Crippen LogP contribution < -0.4 is 0 Å². The number of aliphatic carboxylic acids is 1. The monoisotopic (exact) mass is 657 g/mol. The summed E-state index contributed by atoms with van der Waals surface area (Å²) in [4.78, 5) is 36.8. The molecule has 0 amide bonds. The summed E-state index contributed by atoms with van der Waals surface area (Å²) in [6, 6.07) is 0. The van der Waals surface area contributed by atoms with Gasteiger partial charge in [-0.05, 0) is 12.8 Å². The standard InChI is InChI=1S/C38H73NO7/c1-6-8-10-12-14-16-18-20-22-24-26-28-36(40)45-33-35(32-44-31-34(38(42)43)30-39(3,4)5)46-37(41)29-27-25-23-21-19-17-15-13-11-9-7-2/h34-35H,6-33H2,1-5H3/p+1/t34?,35-/m0/s1. The topological polar surface area (TPSA) is 99.1 Å². The van der Waals surface area contributed by atoms with Gasteiger partial charge in [-0.1, -0.05) is 142 Å². The summed E-state index contributed by atoms with van der Waals surface area (Å²) < 4.78 is 17.4. The highest BCUT2D eigenvalue weighted by Crippen LogP contribution is 2.14. The molecule has 0 radical (unpaired) electrons. The first-order valence-electron chi connectivity index (χ1n) is 19.0. The van der Waals surface area contributed by atoms with Crippen molar-refractivity contribution in [3.63, 3.8) is 0 Å². The molecule has 0 aromatic carbocycles. The lowest BCUT2D eigenvalue weighted by molar-refractivity contribution is -0.872. The molecule has 0 rings (SSSR count). The van der Waals surface area contributed by atoms with Crippen LogP contribution in [0, 0.1) is 5.92 Å². The van der Waals surface area contributed by atoms with Crippen molar-refractivity contribution in [3.05, 3.63) is 0 Å². The predicted molar refractivity (Wildman–Crippen MR) is 188 cm³/mol. The van der Waals surface area contributed by atoms with E-state index < -0.39 is 18.0 Å². The predicted octanol–water partition coefficient (Wildman–Crippen LogP) is 9.27. The first-order chi connectivity index (χ1) is 22.1. The van der Waals surface area contributed by atoms with Gasteiger partial charge in [-0.3, -0.25) is 14.4 Å². The van der Waals surface area contributed by atoms with Crippen LogP contribution in [0.15, 0.2) is 0 Å². The lowest BCUT2D eigenvalue weighted by Gasteiger charge is -2.27. The highest BCUT2D eigenvalue weighted by molar-refractivity contribution is 5.70. The summed E-state index contributed by atoms with van der Waals surface area (Å²) in [5.74, 6) is -2.23. The fourth-order valence-electron chi connectivity index (χ4n) is 5.69. The van der Waals surface area contributed by atoms with E-state index in [0.717, 1.165) is 38.5 Å². The Morgan fingerprint density at radius 2 is 0.935 bits per heavy atom. The van der Waals surface area contributed by atoms with E-state index in [4.69, 9.17) is 14.2 Å². The van der Waals surface area contributed by atoms with Crippen LogP contribution in [0.2, 0.25) is 0 Å². The third-order valence-electron chi connectivity index (χ3n) is 8.44. The molecule has 0 aliphatic heterocycles. The molecule has 1 unspecified atom stereocenters. The maximum atomic E-state index is 12.6. The van der Waals surface area contributed by atoms with Gasteiger partial charge in [0.2, 0.25) is 0 Å². The fraction of sp³-hybridized carbons (Fsp3) is 0.921. The molecule has 0 heterocycles. The van der Waals surface area contributed by atoms with E-state index in [0.29, 0.717) is 23.9 Å². The molecule has 0 saturated carbocycles. The molecular weight excluding hydrogens is 582 g/mol. The van der Waals surface area contributed by atoms with Crippen molar-refractivity contribution in [2.24, 2.45) is 5.92 Å². The number of nitrogens with zero attached hydrogens (tertiary/aromatic N) is 1. The number of quaternary nitrogens is 1. The average Bonchev–Trinajstić information content (AvgIpc) is 3.00. The number of carbonyl (C=O) groups is 3. The Morgan fingerprint density at radius 1 is 0.543 bits per heavy atom. The minimum atomic E-state index is -0.920. The van der Waals surface area contributed by atoms with Crippen LogP contribution in [0.25, 0.3) is 0 Å². The third kappa shape index (κ3) is 31.0. The van der Waals surface area contributed by atoms with Gasteiger partial charge in [-0.2, -0.15) is 0 Å². The number of esters is 2. The van der Waals surface area contributed by atoms with Crippen LogP contribution in [0.5, 0.6) is 0 Å². The van der Waals surface area contributed by atoms with Gasteiger partial charge in [0.25, 0.3) is 0 Å². The molecule has 8 nitrogen and oxygen atoms in total. The number of hydrogen-bond acceptors (Lipinski definition) is 6. The molecule has 46 heavy (non-hydrogen) atoms. The average molecular weight is 657 g/mol. The molecule has 1 N–H and O–H groups in total. The smallest absolute Gasteiger partial charge is 0.314 e. The van der Waals surface area contributed by atoms with E-state index in [1.807, 2.05) is 21.1 Å². The molecule has 8 heteroatoms. The van der Waals surface area contributed by atoms with E-state index in [1.165, 1.54) is 103 Å². The van der Waals surface area contributed by atoms with Crippen LogP contribution in [0.3, 0.4) is 0 Å². The van der Waals surface area contributed by atoms with Gasteiger partial charge in [0.15, 0.2) is 6.10 Å². The van der Waals surface area contributed by atoms with E-state index in [2.05, 4.69) is 13.8 Å². The number of rotatable bonds is 34. The highest BCUT2D eigenvalue weighted by atomic mass is 16.6. The van der Waals surface area contributed by atoms with Gasteiger partial charge < -0.3 is 23.8 Å². The van der Waals surface area contributed by atoms with Gasteiger partial charge in [0, 0.05) is 12.8 Å². The van der Waals surface area contributed by atoms with Crippen LogP contribution in [0.4, 0.5) is 0 Å². The van der Waals surface area contributed by atoms with Crippen LogP contribution >= 0.6 is 0 Å². The fourth-order valence-corrected chi connectivity index (χ4v) is 5.69. The van der Waals surface area contributed by atoms with Crippen molar-refractivity contribution in [2.75, 3.05) is 47.5 Å². The second-order valence-electron chi connectivity index (χ2n) is 14.4. The number of carboxylic acids is 1. The lowest BCUT2D eigenvalue weighted by atomic mass is 10.1. The second-order valence-corrected chi connectivity index (χ2v) is 14.4. The Hall–Kier alpha value is -1.67. The van der Waals surface area contributed by atoms with Crippen molar-refractivity contribution in [2.45, 2.75) is 174 Å². The molecule has 0 spiro atoms. The summed E-state index contributed by atoms with van der Waals surface area (Å²) >= 11 is 0. The minimum Gasteiger partial charge on any atom is -0.481 e. The summed E-state index contributed by atoms with van der Waals surface area (Å²) in [7, 11) is 5.80. The highest BCUT2D eigenvalue weighted by Gasteiger charge is 2.26. The van der Waals surface area contributed by atoms with E-state index in [9.17, 15) is 19.5 Å². The SMILES string of the molecule is CCCCCCCCCCCCCC(=O)OC[C@H](COCC(C[N+](C)(C)C)C(=O)O)OC(=O)CCCCCCCCCCCCC. The Morgan fingerprint density at radius 3 is 1.33 bits per heavy atom. The Balaban J connectivity index is 4.45. The molecule has 0 aliphatic rings. The maximum Gasteiger partial charge on any atom is 0.314 e. The Bertz CT molecular complexity index is 737. The molecule has 0 aromatic heterocycles. The second kappa shape index (κ2) is 30.7. The van der Waals surface area contributed by atoms with Gasteiger partial charge >= 0.3 is 17.9 Å². The molecule has 2 atom stereocenters. The van der Waals surface area contributed by atoms with Crippen LogP contribution in [-0.2, 0) is 28.6 Å². The summed E-state index contributed by atoms with van der Waals surface area (Å²) in [6.07, 6.45) is 26.5. The van der Waals surface area contributed by atoms with Crippen molar-refractivity contribution >= 4 is 17.9 Å². The van der Waals surface area contributed by atoms with E-state index >= 15 is 0 Å². The number of unbranched alkanes of at least 4 members (excludes halogenated alkanes) is 20. The van der Waals surface area contributed by atoms with E-state index in [-0.39, 0.29) is 31.8 Å². The largest absolute Gasteiger partial charge is 0.481 e. The molecule has 0 aliphatic carbocycles. The minimum absolute atomic E-state index is 0.00333. The maximum absolute atomic E-state index is 12.6. The third-order valence-corrected chi connectivity index (χ3v) is 8.44. The van der Waals surface area contributed by atoms with Crippen molar-refractivity contribution in [3.8, 4) is 0 Å². The summed E-state index contributed by atoms with van der Waals surface area (Å²) in [6.45, 7) is 4.82. The van der Waals surface area contributed by atoms with Crippen molar-refractivity contribution in [1.82, 2.24) is 0 Å². The molecule has 0 saturated heterocycles. The Labute approximate surface area is 283 Å². The van der Waals surface area contributed by atoms with Crippen molar-refractivity contribution < 1.29 is 38.2 Å². The number of ether oxygens (including phenoxy) is 3. The zero-order chi connectivity index (χ0) is 34.3. The molecular formula is C38H74NO7+. The van der Waals surface area contributed by atoms with Gasteiger partial charge in [0.1, 0.15) is 12.5 Å². The molecule has 0 bridgehead atoms. The zero-order valence-corrected chi connectivity index (χ0v) is 30.8. The van der Waals surface area contributed by atoms with Gasteiger partial charge in [0.05, 0.1) is 40.9 Å². The van der Waals surface area contributed by atoms with Gasteiger partial charge in [-0.15, -0.1) is 0 Å². The number of carbonyl (C=O) groups excluding carboxylic acids is 2. The van der Waals surface area contributed by atoms with Crippen LogP contribution in [-0.4, -0.2) is 81.1 Å².